The number of rotatable bonds is 7. The highest BCUT2D eigenvalue weighted by molar-refractivity contribution is 5.64. The van der Waals surface area contributed by atoms with Crippen LogP contribution in [0.25, 0.3) is 0 Å². The Bertz CT molecular complexity index is 126. The number of carbonyl (C=O) groups excluding carboxylic acids is 1. The predicted octanol–water partition coefficient (Wildman–Crippen LogP) is -1.17. The zero-order valence-corrected chi connectivity index (χ0v) is 8.06. The molecule has 0 aromatic rings. The normalized spacial score (nSPS) is 12.8. The summed E-state index contributed by atoms with van der Waals surface area (Å²) < 4.78 is 0. The third kappa shape index (κ3) is 7.54. The Labute approximate surface area is 74.4 Å². The van der Waals surface area contributed by atoms with Gasteiger partial charge in [0, 0.05) is 12.4 Å². The fourth-order valence-corrected chi connectivity index (χ4v) is 1.14. The van der Waals surface area contributed by atoms with Gasteiger partial charge in [0.1, 0.15) is 0 Å². The minimum absolute atomic E-state index is 0.198. The van der Waals surface area contributed by atoms with E-state index in [0.717, 1.165) is 19.5 Å². The second kappa shape index (κ2) is 7.10. The zero-order valence-electron chi connectivity index (χ0n) is 8.06. The summed E-state index contributed by atoms with van der Waals surface area (Å²) in [5.74, 6) is -0.932. The monoisotopic (exact) mass is 173 g/mol. The van der Waals surface area contributed by atoms with Crippen LogP contribution in [0.2, 0.25) is 0 Å². The Morgan fingerprint density at radius 3 is 2.42 bits per heavy atom. The molecule has 0 radical (unpaired) electrons. The molecule has 0 saturated heterocycles. The van der Waals surface area contributed by atoms with Gasteiger partial charge < -0.3 is 14.8 Å². The van der Waals surface area contributed by atoms with Crippen LogP contribution in [-0.2, 0) is 4.79 Å². The molecule has 1 N–H and O–H groups in total. The second-order valence-electron chi connectivity index (χ2n) is 3.29. The van der Waals surface area contributed by atoms with Crippen molar-refractivity contribution in [1.82, 2.24) is 0 Å². The molecule has 72 valence electrons. The van der Waals surface area contributed by atoms with Crippen molar-refractivity contribution in [2.45, 2.75) is 32.6 Å². The van der Waals surface area contributed by atoms with E-state index in [4.69, 9.17) is 0 Å². The van der Waals surface area contributed by atoms with E-state index in [1.807, 2.05) is 0 Å². The molecule has 0 amide bonds. The number of aliphatic carboxylic acids is 1. The minimum atomic E-state index is -0.932. The molecule has 0 aliphatic carbocycles. The predicted molar refractivity (Wildman–Crippen MR) is 45.8 cm³/mol. The Kier molecular flexibility index (Phi) is 6.76. The highest BCUT2D eigenvalue weighted by Crippen LogP contribution is 1.82. The molecule has 0 fully saturated rings. The largest absolute Gasteiger partial charge is 0.550 e. The number of carboxylic acid groups (broad SMARTS) is 1. The maximum absolute atomic E-state index is 10.1. The van der Waals surface area contributed by atoms with Crippen molar-refractivity contribution in [1.29, 1.82) is 0 Å². The molecular formula is C9H19NO2. The van der Waals surface area contributed by atoms with E-state index in [-0.39, 0.29) is 6.42 Å². The fraction of sp³-hybridized carbons (Fsp3) is 0.889. The first-order chi connectivity index (χ1) is 5.66. The van der Waals surface area contributed by atoms with Gasteiger partial charge in [0.15, 0.2) is 0 Å². The SMILES string of the molecule is CCCC[NH+](C)CCCC(=O)[O-]. The molecule has 1 unspecified atom stereocenters. The number of hydrogen-bond donors (Lipinski definition) is 1. The lowest BCUT2D eigenvalue weighted by Gasteiger charge is -2.13. The molecule has 12 heavy (non-hydrogen) atoms. The van der Waals surface area contributed by atoms with Gasteiger partial charge in [-0.3, -0.25) is 0 Å². The maximum Gasteiger partial charge on any atom is 0.0772 e. The average molecular weight is 173 g/mol. The lowest BCUT2D eigenvalue weighted by atomic mass is 10.3. The number of carbonyl (C=O) groups is 1. The van der Waals surface area contributed by atoms with Crippen LogP contribution >= 0.6 is 0 Å². The summed E-state index contributed by atoms with van der Waals surface area (Å²) >= 11 is 0. The van der Waals surface area contributed by atoms with Gasteiger partial charge in [-0.05, 0) is 12.8 Å². The van der Waals surface area contributed by atoms with E-state index >= 15 is 0 Å². The first-order valence-corrected chi connectivity index (χ1v) is 4.68. The zero-order chi connectivity index (χ0) is 9.40. The van der Waals surface area contributed by atoms with E-state index in [1.54, 1.807) is 0 Å². The van der Waals surface area contributed by atoms with Crippen LogP contribution in [0, 0.1) is 0 Å². The fourth-order valence-electron chi connectivity index (χ4n) is 1.14. The van der Waals surface area contributed by atoms with E-state index in [9.17, 15) is 9.90 Å². The van der Waals surface area contributed by atoms with Crippen LogP contribution in [0.15, 0.2) is 0 Å². The molecule has 0 bridgehead atoms. The Balaban J connectivity index is 3.19. The average Bonchev–Trinajstić information content (AvgIpc) is 2.00. The van der Waals surface area contributed by atoms with Gasteiger partial charge in [0.25, 0.3) is 0 Å². The van der Waals surface area contributed by atoms with Gasteiger partial charge in [-0.1, -0.05) is 13.3 Å². The minimum Gasteiger partial charge on any atom is -0.550 e. The van der Waals surface area contributed by atoms with Crippen molar-refractivity contribution in [3.63, 3.8) is 0 Å². The van der Waals surface area contributed by atoms with Gasteiger partial charge in [-0.15, -0.1) is 0 Å². The van der Waals surface area contributed by atoms with Crippen LogP contribution in [0.1, 0.15) is 32.6 Å². The highest BCUT2D eigenvalue weighted by atomic mass is 16.4. The topological polar surface area (TPSA) is 44.6 Å². The number of quaternary nitrogens is 1. The van der Waals surface area contributed by atoms with Crippen molar-refractivity contribution in [2.75, 3.05) is 20.1 Å². The Morgan fingerprint density at radius 1 is 1.33 bits per heavy atom. The van der Waals surface area contributed by atoms with Gasteiger partial charge in [-0.2, -0.15) is 0 Å². The van der Waals surface area contributed by atoms with Crippen LogP contribution in [-0.4, -0.2) is 26.1 Å². The highest BCUT2D eigenvalue weighted by Gasteiger charge is 1.99. The number of nitrogens with one attached hydrogen (secondary N) is 1. The quantitative estimate of drug-likeness (QED) is 0.527. The summed E-state index contributed by atoms with van der Waals surface area (Å²) in [6.07, 6.45) is 3.36. The molecular weight excluding hydrogens is 154 g/mol. The molecule has 3 nitrogen and oxygen atoms in total. The molecule has 0 aromatic heterocycles. The summed E-state index contributed by atoms with van der Waals surface area (Å²) in [5, 5.41) is 10.1. The van der Waals surface area contributed by atoms with E-state index in [1.165, 1.54) is 17.7 Å². The molecule has 3 heteroatoms. The molecule has 0 aromatic carbocycles. The summed E-state index contributed by atoms with van der Waals surface area (Å²) in [6.45, 7) is 4.24. The maximum atomic E-state index is 10.1. The molecule has 0 aliphatic rings. The van der Waals surface area contributed by atoms with Gasteiger partial charge in [0.05, 0.1) is 20.1 Å². The van der Waals surface area contributed by atoms with Crippen molar-refractivity contribution < 1.29 is 14.8 Å². The van der Waals surface area contributed by atoms with Crippen LogP contribution in [0.3, 0.4) is 0 Å². The molecule has 0 aliphatic heterocycles. The van der Waals surface area contributed by atoms with E-state index in [0.29, 0.717) is 0 Å². The van der Waals surface area contributed by atoms with Crippen molar-refractivity contribution in [3.05, 3.63) is 0 Å². The van der Waals surface area contributed by atoms with Crippen molar-refractivity contribution in [2.24, 2.45) is 0 Å². The summed E-state index contributed by atoms with van der Waals surface area (Å²) in [6, 6.07) is 0. The second-order valence-corrected chi connectivity index (χ2v) is 3.29. The summed E-state index contributed by atoms with van der Waals surface area (Å²) in [7, 11) is 2.10. The Hall–Kier alpha value is -0.570. The summed E-state index contributed by atoms with van der Waals surface area (Å²) in [4.78, 5) is 11.5. The number of hydrogen-bond acceptors (Lipinski definition) is 2. The summed E-state index contributed by atoms with van der Waals surface area (Å²) in [5.41, 5.74) is 0. The lowest BCUT2D eigenvalue weighted by molar-refractivity contribution is -0.880. The van der Waals surface area contributed by atoms with Gasteiger partial charge in [-0.25, -0.2) is 0 Å². The third-order valence-corrected chi connectivity index (χ3v) is 1.94. The number of carboxylic acids is 1. The van der Waals surface area contributed by atoms with Gasteiger partial charge in [0.2, 0.25) is 0 Å². The lowest BCUT2D eigenvalue weighted by Crippen LogP contribution is -3.09. The van der Waals surface area contributed by atoms with E-state index < -0.39 is 5.97 Å². The number of unbranched alkanes of at least 4 members (excludes halogenated alkanes) is 1. The molecule has 0 heterocycles. The van der Waals surface area contributed by atoms with Crippen LogP contribution in [0.5, 0.6) is 0 Å². The molecule has 0 rings (SSSR count). The van der Waals surface area contributed by atoms with E-state index in [2.05, 4.69) is 14.0 Å². The van der Waals surface area contributed by atoms with Crippen LogP contribution in [0.4, 0.5) is 0 Å². The Morgan fingerprint density at radius 2 is 1.92 bits per heavy atom. The molecule has 0 saturated carbocycles. The third-order valence-electron chi connectivity index (χ3n) is 1.94. The smallest absolute Gasteiger partial charge is 0.0772 e. The van der Waals surface area contributed by atoms with Crippen molar-refractivity contribution in [3.8, 4) is 0 Å². The molecule has 1 atom stereocenters. The standard InChI is InChI=1S/C9H19NO2/c1-3-4-7-10(2)8-5-6-9(11)12/h3-8H2,1-2H3,(H,11,12). The van der Waals surface area contributed by atoms with Crippen molar-refractivity contribution >= 4 is 5.97 Å². The molecule has 0 spiro atoms. The first kappa shape index (κ1) is 11.4. The first-order valence-electron chi connectivity index (χ1n) is 4.68. The van der Waals surface area contributed by atoms with Crippen LogP contribution < -0.4 is 10.0 Å². The van der Waals surface area contributed by atoms with Gasteiger partial charge >= 0.3 is 0 Å².